The van der Waals surface area contributed by atoms with Gasteiger partial charge < -0.3 is 5.11 Å². The summed E-state index contributed by atoms with van der Waals surface area (Å²) in [4.78, 5) is 11.8. The van der Waals surface area contributed by atoms with Crippen molar-refractivity contribution in [1.82, 2.24) is 0 Å². The van der Waals surface area contributed by atoms with Gasteiger partial charge in [0.25, 0.3) is 0 Å². The molecule has 88 valence electrons. The van der Waals surface area contributed by atoms with Gasteiger partial charge in [-0.1, -0.05) is 36.4 Å². The molecule has 0 aromatic heterocycles. The zero-order valence-electron chi connectivity index (χ0n) is 9.94. The Morgan fingerprint density at radius 2 is 1.76 bits per heavy atom. The van der Waals surface area contributed by atoms with E-state index in [0.29, 0.717) is 0 Å². The smallest absolute Gasteiger partial charge is 0.315 e. The first-order valence-electron chi connectivity index (χ1n) is 6.08. The van der Waals surface area contributed by atoms with Gasteiger partial charge in [0, 0.05) is 11.8 Å². The number of carboxylic acid groups (broad SMARTS) is 1. The summed E-state index contributed by atoms with van der Waals surface area (Å²) in [5.41, 5.74) is 2.51. The second-order valence-electron chi connectivity index (χ2n) is 5.27. The molecule has 1 fully saturated rings. The molecule has 1 aromatic carbocycles. The molecule has 2 heteroatoms. The third-order valence-corrected chi connectivity index (χ3v) is 4.65. The summed E-state index contributed by atoms with van der Waals surface area (Å²) in [5.74, 6) is -0.453. The predicted octanol–water partition coefficient (Wildman–Crippen LogP) is 3.31. The van der Waals surface area contributed by atoms with Crippen molar-refractivity contribution >= 4 is 5.97 Å². The van der Waals surface area contributed by atoms with Gasteiger partial charge >= 0.3 is 5.97 Å². The van der Waals surface area contributed by atoms with Crippen molar-refractivity contribution in [2.24, 2.45) is 5.41 Å². The maximum absolute atomic E-state index is 11.8. The van der Waals surface area contributed by atoms with E-state index >= 15 is 0 Å². The minimum Gasteiger partial charge on any atom is -0.481 e. The largest absolute Gasteiger partial charge is 0.481 e. The molecule has 0 spiro atoms. The summed E-state index contributed by atoms with van der Waals surface area (Å²) in [6.45, 7) is 5.84. The van der Waals surface area contributed by atoms with Crippen LogP contribution in [0, 0.1) is 5.41 Å². The highest BCUT2D eigenvalue weighted by Crippen LogP contribution is 2.67. The summed E-state index contributed by atoms with van der Waals surface area (Å²) < 4.78 is 0. The van der Waals surface area contributed by atoms with Gasteiger partial charge in [0.1, 0.15) is 5.41 Å². The second kappa shape index (κ2) is 3.22. The van der Waals surface area contributed by atoms with E-state index < -0.39 is 11.4 Å². The molecule has 2 bridgehead atoms. The van der Waals surface area contributed by atoms with Crippen molar-refractivity contribution in [2.45, 2.75) is 31.6 Å². The lowest BCUT2D eigenvalue weighted by Crippen LogP contribution is -2.35. The Morgan fingerprint density at radius 1 is 1.29 bits per heavy atom. The molecule has 0 amide bonds. The van der Waals surface area contributed by atoms with Gasteiger partial charge in [-0.15, -0.1) is 0 Å². The summed E-state index contributed by atoms with van der Waals surface area (Å²) in [5, 5.41) is 9.73. The van der Waals surface area contributed by atoms with E-state index in [-0.39, 0.29) is 11.8 Å². The van der Waals surface area contributed by atoms with E-state index in [1.165, 1.54) is 11.1 Å². The lowest BCUT2D eigenvalue weighted by molar-refractivity contribution is -0.147. The SMILES string of the molecule is C=C(C)C1(C(=O)O)C2CCC1c1ccccc12. The highest BCUT2D eigenvalue weighted by molar-refractivity contribution is 5.84. The number of carboxylic acids is 1. The van der Waals surface area contributed by atoms with Crippen LogP contribution in [0.5, 0.6) is 0 Å². The Morgan fingerprint density at radius 3 is 2.12 bits per heavy atom. The van der Waals surface area contributed by atoms with Crippen LogP contribution in [0.15, 0.2) is 36.4 Å². The molecule has 17 heavy (non-hydrogen) atoms. The van der Waals surface area contributed by atoms with Gasteiger partial charge in [-0.25, -0.2) is 0 Å². The Bertz CT molecular complexity index is 468. The average molecular weight is 228 g/mol. The van der Waals surface area contributed by atoms with E-state index in [1.54, 1.807) is 0 Å². The molecule has 2 unspecified atom stereocenters. The quantitative estimate of drug-likeness (QED) is 0.788. The lowest BCUT2D eigenvalue weighted by atomic mass is 9.71. The van der Waals surface area contributed by atoms with Crippen LogP contribution in [-0.4, -0.2) is 11.1 Å². The highest BCUT2D eigenvalue weighted by atomic mass is 16.4. The van der Waals surface area contributed by atoms with Gasteiger partial charge in [-0.3, -0.25) is 4.79 Å². The fourth-order valence-electron chi connectivity index (χ4n) is 4.05. The van der Waals surface area contributed by atoms with E-state index in [1.807, 2.05) is 19.1 Å². The standard InChI is InChI=1S/C15H16O2/c1-9(2)15(14(16)17)12-7-8-13(15)11-6-4-3-5-10(11)12/h3-6,12-13H,1,7-8H2,2H3,(H,16,17). The lowest BCUT2D eigenvalue weighted by Gasteiger charge is -2.30. The van der Waals surface area contributed by atoms with Crippen molar-refractivity contribution in [2.75, 3.05) is 0 Å². The van der Waals surface area contributed by atoms with Crippen LogP contribution in [0.25, 0.3) is 0 Å². The van der Waals surface area contributed by atoms with Crippen LogP contribution in [-0.2, 0) is 4.79 Å². The van der Waals surface area contributed by atoms with Crippen LogP contribution in [0.3, 0.4) is 0 Å². The molecule has 0 radical (unpaired) electrons. The summed E-state index contributed by atoms with van der Waals surface area (Å²) in [6, 6.07) is 8.18. The third-order valence-electron chi connectivity index (χ3n) is 4.65. The summed E-state index contributed by atoms with van der Waals surface area (Å²) >= 11 is 0. The van der Waals surface area contributed by atoms with Crippen LogP contribution >= 0.6 is 0 Å². The Kier molecular flexibility index (Phi) is 2.00. The fraction of sp³-hybridized carbons (Fsp3) is 0.400. The van der Waals surface area contributed by atoms with E-state index in [2.05, 4.69) is 18.7 Å². The monoisotopic (exact) mass is 228 g/mol. The van der Waals surface area contributed by atoms with E-state index in [4.69, 9.17) is 0 Å². The Balaban J connectivity index is 2.25. The van der Waals surface area contributed by atoms with E-state index in [9.17, 15) is 9.90 Å². The zero-order chi connectivity index (χ0) is 12.2. The molecule has 1 saturated carbocycles. The van der Waals surface area contributed by atoms with Gasteiger partial charge in [0.05, 0.1) is 0 Å². The first kappa shape index (κ1) is 10.6. The maximum Gasteiger partial charge on any atom is 0.315 e. The molecule has 0 heterocycles. The molecule has 2 aliphatic carbocycles. The van der Waals surface area contributed by atoms with Crippen molar-refractivity contribution in [3.8, 4) is 0 Å². The number of rotatable bonds is 2. The van der Waals surface area contributed by atoms with Gasteiger partial charge in [0.15, 0.2) is 0 Å². The van der Waals surface area contributed by atoms with Crippen LogP contribution in [0.4, 0.5) is 0 Å². The van der Waals surface area contributed by atoms with E-state index in [0.717, 1.165) is 18.4 Å². The van der Waals surface area contributed by atoms with Crippen molar-refractivity contribution in [3.63, 3.8) is 0 Å². The minimum atomic E-state index is -0.746. The fourth-order valence-corrected chi connectivity index (χ4v) is 4.05. The van der Waals surface area contributed by atoms with Gasteiger partial charge in [-0.05, 0) is 30.9 Å². The molecule has 2 aliphatic rings. The molecule has 2 atom stereocenters. The molecule has 1 N–H and O–H groups in total. The summed E-state index contributed by atoms with van der Waals surface area (Å²) in [6.07, 6.45) is 1.95. The minimum absolute atomic E-state index is 0.124. The first-order chi connectivity index (χ1) is 8.10. The topological polar surface area (TPSA) is 37.3 Å². The number of benzene rings is 1. The zero-order valence-corrected chi connectivity index (χ0v) is 9.94. The van der Waals surface area contributed by atoms with Crippen molar-refractivity contribution < 1.29 is 9.90 Å². The highest BCUT2D eigenvalue weighted by Gasteiger charge is 2.62. The molecule has 2 nitrogen and oxygen atoms in total. The van der Waals surface area contributed by atoms with Crippen LogP contribution in [0.1, 0.15) is 42.7 Å². The normalized spacial score (nSPS) is 33.5. The average Bonchev–Trinajstić information content (AvgIpc) is 2.81. The number of carbonyl (C=O) groups is 1. The Labute approximate surface area is 101 Å². The van der Waals surface area contributed by atoms with Gasteiger partial charge in [0.2, 0.25) is 0 Å². The number of fused-ring (bicyclic) bond motifs is 5. The third kappa shape index (κ3) is 1.03. The van der Waals surface area contributed by atoms with Crippen LogP contribution in [0.2, 0.25) is 0 Å². The maximum atomic E-state index is 11.8. The molecular weight excluding hydrogens is 212 g/mol. The molecule has 0 saturated heterocycles. The predicted molar refractivity (Wildman–Crippen MR) is 66.0 cm³/mol. The number of aliphatic carboxylic acids is 1. The van der Waals surface area contributed by atoms with Gasteiger partial charge in [-0.2, -0.15) is 0 Å². The van der Waals surface area contributed by atoms with Crippen molar-refractivity contribution in [1.29, 1.82) is 0 Å². The molecule has 0 aliphatic heterocycles. The van der Waals surface area contributed by atoms with Crippen LogP contribution < -0.4 is 0 Å². The summed E-state index contributed by atoms with van der Waals surface area (Å²) in [7, 11) is 0. The Hall–Kier alpha value is -1.57. The molecular formula is C15H16O2. The molecule has 1 aromatic rings. The molecule has 3 rings (SSSR count). The second-order valence-corrected chi connectivity index (χ2v) is 5.27. The number of hydrogen-bond acceptors (Lipinski definition) is 1. The first-order valence-corrected chi connectivity index (χ1v) is 6.08. The number of hydrogen-bond donors (Lipinski definition) is 1. The van der Waals surface area contributed by atoms with Crippen molar-refractivity contribution in [3.05, 3.63) is 47.5 Å².